The molecule has 0 saturated heterocycles. The Hall–Kier alpha value is -1.82. The van der Waals surface area contributed by atoms with Gasteiger partial charge in [0.1, 0.15) is 0 Å². The smallest absolute Gasteiger partial charge is 0.416 e. The quantitative estimate of drug-likeness (QED) is 0.842. The van der Waals surface area contributed by atoms with Crippen molar-refractivity contribution in [1.29, 1.82) is 0 Å². The molecule has 0 bridgehead atoms. The minimum absolute atomic E-state index is 0.0539. The van der Waals surface area contributed by atoms with Crippen LogP contribution in [0.4, 0.5) is 13.2 Å². The van der Waals surface area contributed by atoms with Crippen molar-refractivity contribution in [3.8, 4) is 17.0 Å². The van der Waals surface area contributed by atoms with Crippen molar-refractivity contribution in [2.75, 3.05) is 7.11 Å². The van der Waals surface area contributed by atoms with Crippen molar-refractivity contribution in [2.24, 2.45) is 0 Å². The molecule has 0 unspecified atom stereocenters. The predicted molar refractivity (Wildman–Crippen MR) is 64.0 cm³/mol. The summed E-state index contributed by atoms with van der Waals surface area (Å²) in [7, 11) is 1.39. The Balaban J connectivity index is 2.47. The van der Waals surface area contributed by atoms with E-state index < -0.39 is 11.7 Å². The number of hydrogen-bond acceptors (Lipinski definition) is 3. The molecule has 0 fully saturated rings. The van der Waals surface area contributed by atoms with Gasteiger partial charge in [-0.1, -0.05) is 23.7 Å². The second-order valence-electron chi connectivity index (χ2n) is 3.67. The average Bonchev–Trinajstić information content (AvgIpc) is 2.38. The first-order valence-electron chi connectivity index (χ1n) is 5.16. The molecule has 0 saturated carbocycles. The lowest BCUT2D eigenvalue weighted by molar-refractivity contribution is -0.137. The molecule has 1 aromatic heterocycles. The topological polar surface area (TPSA) is 35.0 Å². The van der Waals surface area contributed by atoms with Crippen LogP contribution < -0.4 is 4.74 Å². The third kappa shape index (κ3) is 2.96. The van der Waals surface area contributed by atoms with Crippen LogP contribution in [0.3, 0.4) is 0 Å². The van der Waals surface area contributed by atoms with Gasteiger partial charge in [-0.2, -0.15) is 13.2 Å². The molecule has 0 radical (unpaired) electrons. The number of hydrogen-bond donors (Lipinski definition) is 0. The zero-order valence-corrected chi connectivity index (χ0v) is 10.5. The molecule has 2 rings (SSSR count). The summed E-state index contributed by atoms with van der Waals surface area (Å²) < 4.78 is 42.8. The van der Waals surface area contributed by atoms with Gasteiger partial charge in [-0.25, -0.2) is 0 Å². The van der Waals surface area contributed by atoms with Crippen molar-refractivity contribution in [1.82, 2.24) is 10.2 Å². The van der Waals surface area contributed by atoms with Gasteiger partial charge < -0.3 is 4.74 Å². The third-order valence-corrected chi connectivity index (χ3v) is 2.68. The van der Waals surface area contributed by atoms with Crippen LogP contribution in [0.1, 0.15) is 5.56 Å². The first-order valence-corrected chi connectivity index (χ1v) is 5.54. The molecule has 3 nitrogen and oxygen atoms in total. The number of rotatable bonds is 2. The number of benzene rings is 1. The molecule has 7 heteroatoms. The highest BCUT2D eigenvalue weighted by Gasteiger charge is 2.30. The van der Waals surface area contributed by atoms with Crippen molar-refractivity contribution in [2.45, 2.75) is 6.18 Å². The van der Waals surface area contributed by atoms with Gasteiger partial charge in [0, 0.05) is 11.6 Å². The van der Waals surface area contributed by atoms with Crippen LogP contribution in [0.15, 0.2) is 30.3 Å². The molecule has 0 aliphatic heterocycles. The van der Waals surface area contributed by atoms with E-state index in [4.69, 9.17) is 16.3 Å². The Bertz CT molecular complexity index is 602. The summed E-state index contributed by atoms with van der Waals surface area (Å²) >= 11 is 5.71. The monoisotopic (exact) mass is 288 g/mol. The average molecular weight is 289 g/mol. The molecule has 19 heavy (non-hydrogen) atoms. The van der Waals surface area contributed by atoms with Gasteiger partial charge in [0.15, 0.2) is 10.9 Å². The second-order valence-corrected chi connectivity index (χ2v) is 4.03. The highest BCUT2D eigenvalue weighted by atomic mass is 35.5. The zero-order chi connectivity index (χ0) is 14.0. The van der Waals surface area contributed by atoms with Gasteiger partial charge in [-0.15, -0.1) is 10.2 Å². The van der Waals surface area contributed by atoms with Gasteiger partial charge in [-0.05, 0) is 12.1 Å². The molecule has 100 valence electrons. The van der Waals surface area contributed by atoms with Crippen molar-refractivity contribution in [3.05, 3.63) is 41.0 Å². The van der Waals surface area contributed by atoms with Gasteiger partial charge in [0.05, 0.1) is 18.4 Å². The van der Waals surface area contributed by atoms with E-state index in [2.05, 4.69) is 10.2 Å². The molecule has 0 atom stereocenters. The molecule has 1 aromatic carbocycles. The van der Waals surface area contributed by atoms with E-state index in [1.54, 1.807) is 0 Å². The SMILES string of the molecule is COc1cc(-c2cccc(C(F)(F)F)c2)nnc1Cl. The maximum absolute atomic E-state index is 12.6. The summed E-state index contributed by atoms with van der Waals surface area (Å²) in [5, 5.41) is 7.43. The number of nitrogens with zero attached hydrogens (tertiary/aromatic N) is 2. The molecule has 0 spiro atoms. The summed E-state index contributed by atoms with van der Waals surface area (Å²) in [6.07, 6.45) is -4.40. The van der Waals surface area contributed by atoms with Crippen LogP contribution in [0, 0.1) is 0 Å². The first-order chi connectivity index (χ1) is 8.91. The molecule has 2 aromatic rings. The third-order valence-electron chi connectivity index (χ3n) is 2.42. The highest BCUT2D eigenvalue weighted by molar-refractivity contribution is 6.30. The van der Waals surface area contributed by atoms with Crippen LogP contribution >= 0.6 is 11.6 Å². The summed E-state index contributed by atoms with van der Waals surface area (Å²) in [5.41, 5.74) is -0.203. The van der Waals surface area contributed by atoms with Crippen molar-refractivity contribution < 1.29 is 17.9 Å². The highest BCUT2D eigenvalue weighted by Crippen LogP contribution is 2.32. The lowest BCUT2D eigenvalue weighted by Gasteiger charge is -2.09. The van der Waals surface area contributed by atoms with Crippen molar-refractivity contribution in [3.63, 3.8) is 0 Å². The Labute approximate surface area is 112 Å². The Morgan fingerprint density at radius 3 is 2.53 bits per heavy atom. The minimum Gasteiger partial charge on any atom is -0.493 e. The van der Waals surface area contributed by atoms with E-state index in [-0.39, 0.29) is 22.2 Å². The molecule has 1 heterocycles. The first kappa shape index (κ1) is 13.6. The Kier molecular flexibility index (Phi) is 3.61. The molecule has 0 aliphatic rings. The largest absolute Gasteiger partial charge is 0.493 e. The van der Waals surface area contributed by atoms with Crippen LogP contribution in [0.5, 0.6) is 5.75 Å². The van der Waals surface area contributed by atoms with Gasteiger partial charge in [0.25, 0.3) is 0 Å². The van der Waals surface area contributed by atoms with E-state index in [0.717, 1.165) is 12.1 Å². The number of alkyl halides is 3. The van der Waals surface area contributed by atoms with E-state index in [1.807, 2.05) is 0 Å². The van der Waals surface area contributed by atoms with Crippen LogP contribution in [-0.2, 0) is 6.18 Å². The van der Waals surface area contributed by atoms with E-state index in [0.29, 0.717) is 0 Å². The molecule has 0 amide bonds. The van der Waals surface area contributed by atoms with Crippen LogP contribution in [0.25, 0.3) is 11.3 Å². The molecule has 0 aliphatic carbocycles. The summed E-state index contributed by atoms with van der Waals surface area (Å²) in [5.74, 6) is 0.254. The maximum atomic E-state index is 12.6. The lowest BCUT2D eigenvalue weighted by atomic mass is 10.1. The van der Waals surface area contributed by atoms with Gasteiger partial charge in [0.2, 0.25) is 0 Å². The van der Waals surface area contributed by atoms with Crippen LogP contribution in [-0.4, -0.2) is 17.3 Å². The maximum Gasteiger partial charge on any atom is 0.416 e. The van der Waals surface area contributed by atoms with E-state index in [9.17, 15) is 13.2 Å². The molecule has 0 N–H and O–H groups in total. The lowest BCUT2D eigenvalue weighted by Crippen LogP contribution is -2.04. The zero-order valence-electron chi connectivity index (χ0n) is 9.70. The number of ether oxygens (including phenoxy) is 1. The Morgan fingerprint density at radius 1 is 1.16 bits per heavy atom. The fraction of sp³-hybridized carbons (Fsp3) is 0.167. The minimum atomic E-state index is -4.40. The predicted octanol–water partition coefficient (Wildman–Crippen LogP) is 3.82. The number of methoxy groups -OCH3 is 1. The fourth-order valence-electron chi connectivity index (χ4n) is 1.50. The van der Waals surface area contributed by atoms with Gasteiger partial charge in [-0.3, -0.25) is 0 Å². The molecular formula is C12H8ClF3N2O. The van der Waals surface area contributed by atoms with E-state index >= 15 is 0 Å². The summed E-state index contributed by atoms with van der Waals surface area (Å²) in [6, 6.07) is 6.24. The normalized spacial score (nSPS) is 11.4. The fourth-order valence-corrected chi connectivity index (χ4v) is 1.67. The van der Waals surface area contributed by atoms with Crippen molar-refractivity contribution >= 4 is 11.6 Å². The Morgan fingerprint density at radius 2 is 1.89 bits per heavy atom. The van der Waals surface area contributed by atoms with Crippen LogP contribution in [0.2, 0.25) is 5.15 Å². The summed E-state index contributed by atoms with van der Waals surface area (Å²) in [4.78, 5) is 0. The van der Waals surface area contributed by atoms with E-state index in [1.165, 1.54) is 25.3 Å². The summed E-state index contributed by atoms with van der Waals surface area (Å²) in [6.45, 7) is 0. The standard InChI is InChI=1S/C12H8ClF3N2O/c1-19-10-6-9(17-18-11(10)13)7-3-2-4-8(5-7)12(14,15)16/h2-6H,1H3. The van der Waals surface area contributed by atoms with Gasteiger partial charge >= 0.3 is 6.18 Å². The number of aromatic nitrogens is 2. The second kappa shape index (κ2) is 5.05. The number of halogens is 4. The molecular weight excluding hydrogens is 281 g/mol.